The second-order valence-corrected chi connectivity index (χ2v) is 7.30. The van der Waals surface area contributed by atoms with E-state index in [0.29, 0.717) is 0 Å². The molecule has 0 atom stereocenters. The van der Waals surface area contributed by atoms with Crippen LogP contribution in [0.25, 0.3) is 0 Å². The van der Waals surface area contributed by atoms with Crippen molar-refractivity contribution in [3.05, 3.63) is 0 Å². The lowest BCUT2D eigenvalue weighted by molar-refractivity contribution is -0.446. The molecule has 0 rings (SSSR count). The number of carbonyl (C=O) groups is 1. The van der Waals surface area contributed by atoms with E-state index in [1.807, 2.05) is 0 Å². The molecule has 24 heteroatoms. The summed E-state index contributed by atoms with van der Waals surface area (Å²) < 4.78 is 273. The molecule has 0 aliphatic carbocycles. The largest absolute Gasteiger partial charge is 0.456 e. The monoisotopic (exact) mass is 578 g/mol. The van der Waals surface area contributed by atoms with Gasteiger partial charge in [-0.15, -0.1) is 0 Å². The molecule has 0 saturated carbocycles. The number of halogens is 19. The molecule has 0 heterocycles. The van der Waals surface area contributed by atoms with Gasteiger partial charge >= 0.3 is 68.8 Å². The van der Waals surface area contributed by atoms with E-state index in [4.69, 9.17) is 4.55 Å². The van der Waals surface area contributed by atoms with Gasteiger partial charge in [-0.25, -0.2) is 0 Å². The van der Waals surface area contributed by atoms with Crippen LogP contribution in [0.3, 0.4) is 0 Å². The number of Topliss-reactive ketones (excluding diaryl/α,β-unsaturated/α-hetero) is 1. The van der Waals surface area contributed by atoms with Crippen LogP contribution in [-0.2, 0) is 14.9 Å². The number of carbonyl (C=O) groups excluding carboxylic acids is 1. The fourth-order valence-corrected chi connectivity index (χ4v) is 2.10. The quantitative estimate of drug-likeness (QED) is 0.308. The summed E-state index contributed by atoms with van der Waals surface area (Å²) in [6, 6.07) is 0. The van der Waals surface area contributed by atoms with Crippen molar-refractivity contribution < 1.29 is 101 Å². The molecule has 0 fully saturated rings. The number of alkyl halides is 19. The summed E-state index contributed by atoms with van der Waals surface area (Å²) in [6.07, 6.45) is -7.32. The first-order valence-electron chi connectivity index (χ1n) is 6.76. The summed E-state index contributed by atoms with van der Waals surface area (Å²) >= 11 is 0. The van der Waals surface area contributed by atoms with Gasteiger partial charge in [0.05, 0.1) is 0 Å². The van der Waals surface area contributed by atoms with E-state index in [0.717, 1.165) is 0 Å². The van der Waals surface area contributed by atoms with Crippen LogP contribution in [0.5, 0.6) is 0 Å². The molecule has 0 aromatic rings. The second kappa shape index (κ2) is 7.62. The van der Waals surface area contributed by atoms with Gasteiger partial charge < -0.3 is 0 Å². The molecule has 1 N–H and O–H groups in total. The number of ketones is 1. The molecular weight excluding hydrogens is 577 g/mol. The fourth-order valence-electron chi connectivity index (χ4n) is 1.65. The van der Waals surface area contributed by atoms with Gasteiger partial charge in [0.15, 0.2) is 0 Å². The van der Waals surface area contributed by atoms with Crippen LogP contribution < -0.4 is 0 Å². The van der Waals surface area contributed by atoms with Gasteiger partial charge in [-0.1, -0.05) is 0 Å². The van der Waals surface area contributed by atoms with Crippen molar-refractivity contribution >= 4 is 15.9 Å². The highest BCUT2D eigenvalue weighted by Gasteiger charge is 2.96. The van der Waals surface area contributed by atoms with Gasteiger partial charge in [-0.3, -0.25) is 9.35 Å². The molecule has 0 aromatic heterocycles. The van der Waals surface area contributed by atoms with E-state index < -0.39 is 68.8 Å². The Hall–Kier alpha value is -1.75. The standard InChI is InChI=1S/C10HF19O4S/c11-2(12,1(30)3(13,14)15)4(16,17)5(18,19)6(20,21)7(22,23)8(24,25)9(26,27)10(28,29)34(31,32)33/h(H,31,32,33). The lowest BCUT2D eigenvalue weighted by Gasteiger charge is -2.43. The maximum atomic E-state index is 13.3. The van der Waals surface area contributed by atoms with Crippen molar-refractivity contribution in [2.45, 2.75) is 52.9 Å². The summed E-state index contributed by atoms with van der Waals surface area (Å²) in [5.41, 5.74) is 0. The Balaban J connectivity index is 7.10. The number of hydrogen-bond acceptors (Lipinski definition) is 3. The summed E-state index contributed by atoms with van der Waals surface area (Å²) in [4.78, 5) is 10.2. The van der Waals surface area contributed by atoms with Crippen molar-refractivity contribution in [3.63, 3.8) is 0 Å². The third-order valence-corrected chi connectivity index (χ3v) is 4.50. The van der Waals surface area contributed by atoms with Crippen LogP contribution in [0, 0.1) is 0 Å². The highest BCUT2D eigenvalue weighted by atomic mass is 32.2. The van der Waals surface area contributed by atoms with Crippen LogP contribution in [0.15, 0.2) is 0 Å². The normalized spacial score (nSPS) is 16.6. The Morgan fingerprint density at radius 1 is 0.471 bits per heavy atom. The predicted molar refractivity (Wildman–Crippen MR) is 62.2 cm³/mol. The van der Waals surface area contributed by atoms with Crippen LogP contribution in [0.1, 0.15) is 0 Å². The molecule has 34 heavy (non-hydrogen) atoms. The number of rotatable bonds is 9. The molecule has 0 radical (unpaired) electrons. The van der Waals surface area contributed by atoms with Gasteiger partial charge in [0, 0.05) is 0 Å². The third kappa shape index (κ3) is 3.83. The van der Waals surface area contributed by atoms with E-state index in [1.165, 1.54) is 0 Å². The first-order valence-corrected chi connectivity index (χ1v) is 8.20. The molecule has 0 unspecified atom stereocenters. The average molecular weight is 578 g/mol. The second-order valence-electron chi connectivity index (χ2n) is 5.84. The Labute approximate surface area is 171 Å². The molecule has 0 spiro atoms. The SMILES string of the molecule is O=C(C(F)(F)F)C(F)(F)C(F)(F)C(F)(F)C(F)(F)C(F)(F)C(F)(F)C(F)(F)C(F)(F)S(=O)(=O)O. The van der Waals surface area contributed by atoms with E-state index in [-0.39, 0.29) is 0 Å². The van der Waals surface area contributed by atoms with Crippen LogP contribution >= 0.6 is 0 Å². The zero-order valence-electron chi connectivity index (χ0n) is 14.3. The van der Waals surface area contributed by atoms with Gasteiger partial charge in [0.25, 0.3) is 0 Å². The zero-order valence-corrected chi connectivity index (χ0v) is 15.1. The van der Waals surface area contributed by atoms with E-state index >= 15 is 0 Å². The number of hydrogen-bond donors (Lipinski definition) is 1. The Morgan fingerprint density at radius 3 is 0.941 bits per heavy atom. The third-order valence-electron chi connectivity index (χ3n) is 3.60. The molecular formula is C10HF19O4S. The van der Waals surface area contributed by atoms with Crippen LogP contribution in [-0.4, -0.2) is 71.6 Å². The summed E-state index contributed by atoms with van der Waals surface area (Å²) in [5.74, 6) is -67.4. The van der Waals surface area contributed by atoms with Crippen molar-refractivity contribution in [2.24, 2.45) is 0 Å². The predicted octanol–water partition coefficient (Wildman–Crippen LogP) is 5.05. The fraction of sp³-hybridized carbons (Fsp3) is 0.900. The van der Waals surface area contributed by atoms with Gasteiger partial charge in [0.2, 0.25) is 0 Å². The van der Waals surface area contributed by atoms with Gasteiger partial charge in [-0.2, -0.15) is 91.8 Å². The molecule has 204 valence electrons. The summed E-state index contributed by atoms with van der Waals surface area (Å²) in [7, 11) is -8.03. The molecule has 0 bridgehead atoms. The van der Waals surface area contributed by atoms with E-state index in [9.17, 15) is 96.6 Å². The first kappa shape index (κ1) is 32.2. The topological polar surface area (TPSA) is 71.4 Å². The molecule has 0 aliphatic heterocycles. The molecule has 0 aromatic carbocycles. The minimum absolute atomic E-state index is 5.36. The maximum Gasteiger partial charge on any atom is 0.456 e. The van der Waals surface area contributed by atoms with Crippen molar-refractivity contribution in [1.29, 1.82) is 0 Å². The molecule has 0 aliphatic rings. The highest BCUT2D eigenvalue weighted by Crippen LogP contribution is 2.64. The molecule has 0 amide bonds. The average Bonchev–Trinajstić information content (AvgIpc) is 2.57. The Morgan fingerprint density at radius 2 is 0.706 bits per heavy atom. The van der Waals surface area contributed by atoms with E-state index in [1.54, 1.807) is 0 Å². The summed E-state index contributed by atoms with van der Waals surface area (Å²) in [5, 5.41) is -7.99. The van der Waals surface area contributed by atoms with E-state index in [2.05, 4.69) is 0 Å². The minimum atomic E-state index is -9.18. The lowest BCUT2D eigenvalue weighted by atomic mass is 9.88. The molecule has 4 nitrogen and oxygen atoms in total. The first-order chi connectivity index (χ1) is 14.2. The maximum absolute atomic E-state index is 13.3. The minimum Gasteiger partial charge on any atom is -0.282 e. The van der Waals surface area contributed by atoms with Crippen molar-refractivity contribution in [1.82, 2.24) is 0 Å². The van der Waals surface area contributed by atoms with Crippen LogP contribution in [0.2, 0.25) is 0 Å². The zero-order chi connectivity index (χ0) is 28.6. The highest BCUT2D eigenvalue weighted by molar-refractivity contribution is 7.87. The van der Waals surface area contributed by atoms with Crippen LogP contribution in [0.4, 0.5) is 83.4 Å². The van der Waals surface area contributed by atoms with Gasteiger partial charge in [-0.05, 0) is 0 Å². The Kier molecular flexibility index (Phi) is 7.23. The van der Waals surface area contributed by atoms with Gasteiger partial charge in [0.1, 0.15) is 0 Å². The van der Waals surface area contributed by atoms with Crippen molar-refractivity contribution in [3.8, 4) is 0 Å². The Bertz CT molecular complexity index is 914. The smallest absolute Gasteiger partial charge is 0.282 e. The van der Waals surface area contributed by atoms with Crippen molar-refractivity contribution in [2.75, 3.05) is 0 Å². The summed E-state index contributed by atoms with van der Waals surface area (Å²) in [6.45, 7) is 0. The lowest BCUT2D eigenvalue weighted by Crippen LogP contribution is -2.76. The molecule has 0 saturated heterocycles.